The van der Waals surface area contributed by atoms with Gasteiger partial charge >= 0.3 is 0 Å². The molecule has 1 aliphatic heterocycles. The van der Waals surface area contributed by atoms with Gasteiger partial charge in [0.1, 0.15) is 0 Å². The lowest BCUT2D eigenvalue weighted by molar-refractivity contribution is -0.0550. The fraction of sp³-hybridized carbons (Fsp3) is 1.00. The van der Waals surface area contributed by atoms with E-state index in [4.69, 9.17) is 4.74 Å². The summed E-state index contributed by atoms with van der Waals surface area (Å²) in [6.07, 6.45) is 9.07. The molecule has 0 aromatic carbocycles. The SMILES string of the molecule is CC(C)(CO)CC1CCC2(CCCC2)O1. The molecule has 2 heteroatoms. The van der Waals surface area contributed by atoms with Gasteiger partial charge in [0, 0.05) is 6.61 Å². The first-order valence-electron chi connectivity index (χ1n) is 6.34. The minimum atomic E-state index is 0.0226. The van der Waals surface area contributed by atoms with Crippen molar-refractivity contribution < 1.29 is 9.84 Å². The van der Waals surface area contributed by atoms with Gasteiger partial charge in [0.25, 0.3) is 0 Å². The first-order chi connectivity index (χ1) is 7.05. The highest BCUT2D eigenvalue weighted by molar-refractivity contribution is 4.93. The van der Waals surface area contributed by atoms with Gasteiger partial charge in [-0.15, -0.1) is 0 Å². The predicted octanol–water partition coefficient (Wildman–Crippen LogP) is 2.89. The molecule has 1 unspecified atom stereocenters. The molecule has 1 aliphatic carbocycles. The summed E-state index contributed by atoms with van der Waals surface area (Å²) in [6.45, 7) is 4.51. The Hall–Kier alpha value is -0.0800. The number of hydrogen-bond acceptors (Lipinski definition) is 2. The van der Waals surface area contributed by atoms with Crippen LogP contribution in [0.2, 0.25) is 0 Å². The summed E-state index contributed by atoms with van der Waals surface area (Å²) in [5.74, 6) is 0. The smallest absolute Gasteiger partial charge is 0.0687 e. The Morgan fingerprint density at radius 1 is 1.27 bits per heavy atom. The third-order valence-corrected chi connectivity index (χ3v) is 4.06. The van der Waals surface area contributed by atoms with Crippen LogP contribution in [0.4, 0.5) is 0 Å². The zero-order chi connectivity index (χ0) is 10.9. The van der Waals surface area contributed by atoms with E-state index in [0.717, 1.165) is 6.42 Å². The molecule has 1 heterocycles. The fourth-order valence-electron chi connectivity index (χ4n) is 3.11. The van der Waals surface area contributed by atoms with Crippen LogP contribution in [-0.2, 0) is 4.74 Å². The summed E-state index contributed by atoms with van der Waals surface area (Å²) in [7, 11) is 0. The quantitative estimate of drug-likeness (QED) is 0.779. The van der Waals surface area contributed by atoms with Gasteiger partial charge in [0.2, 0.25) is 0 Å². The molecule has 1 N–H and O–H groups in total. The van der Waals surface area contributed by atoms with Crippen LogP contribution in [0.15, 0.2) is 0 Å². The highest BCUT2D eigenvalue weighted by Crippen LogP contribution is 2.45. The zero-order valence-electron chi connectivity index (χ0n) is 10.1. The van der Waals surface area contributed by atoms with Gasteiger partial charge in [-0.05, 0) is 37.5 Å². The lowest BCUT2D eigenvalue weighted by Crippen LogP contribution is -2.28. The Bertz CT molecular complexity index is 217. The van der Waals surface area contributed by atoms with Gasteiger partial charge in [-0.25, -0.2) is 0 Å². The van der Waals surface area contributed by atoms with E-state index in [1.54, 1.807) is 0 Å². The summed E-state index contributed by atoms with van der Waals surface area (Å²) in [6, 6.07) is 0. The molecule has 2 rings (SSSR count). The van der Waals surface area contributed by atoms with Crippen molar-refractivity contribution in [2.45, 2.75) is 70.5 Å². The largest absolute Gasteiger partial charge is 0.396 e. The van der Waals surface area contributed by atoms with Crippen molar-refractivity contribution in [2.24, 2.45) is 5.41 Å². The van der Waals surface area contributed by atoms with E-state index in [-0.39, 0.29) is 17.6 Å². The summed E-state index contributed by atoms with van der Waals surface area (Å²) in [5.41, 5.74) is 0.269. The second-order valence-electron chi connectivity index (χ2n) is 6.20. The Balaban J connectivity index is 1.87. The Morgan fingerprint density at radius 3 is 2.53 bits per heavy atom. The molecular weight excluding hydrogens is 188 g/mol. The highest BCUT2D eigenvalue weighted by atomic mass is 16.5. The minimum Gasteiger partial charge on any atom is -0.396 e. The van der Waals surface area contributed by atoms with E-state index in [9.17, 15) is 5.11 Å². The molecule has 0 aromatic rings. The molecule has 1 saturated carbocycles. The first kappa shape index (κ1) is 11.4. The lowest BCUT2D eigenvalue weighted by Gasteiger charge is -2.28. The monoisotopic (exact) mass is 212 g/mol. The van der Waals surface area contributed by atoms with Crippen molar-refractivity contribution in [1.82, 2.24) is 0 Å². The van der Waals surface area contributed by atoms with Crippen LogP contribution >= 0.6 is 0 Å². The predicted molar refractivity (Wildman–Crippen MR) is 60.8 cm³/mol. The van der Waals surface area contributed by atoms with Crippen molar-refractivity contribution in [3.05, 3.63) is 0 Å². The van der Waals surface area contributed by atoms with Gasteiger partial charge in [-0.3, -0.25) is 0 Å². The minimum absolute atomic E-state index is 0.0226. The van der Waals surface area contributed by atoms with Crippen LogP contribution in [0.5, 0.6) is 0 Å². The third kappa shape index (κ3) is 2.54. The Labute approximate surface area is 93.0 Å². The number of rotatable bonds is 3. The van der Waals surface area contributed by atoms with E-state index in [1.807, 2.05) is 0 Å². The highest BCUT2D eigenvalue weighted by Gasteiger charge is 2.43. The summed E-state index contributed by atoms with van der Waals surface area (Å²) >= 11 is 0. The zero-order valence-corrected chi connectivity index (χ0v) is 10.1. The van der Waals surface area contributed by atoms with Crippen LogP contribution in [0.1, 0.15) is 58.8 Å². The topological polar surface area (TPSA) is 29.5 Å². The van der Waals surface area contributed by atoms with E-state index in [1.165, 1.54) is 38.5 Å². The molecule has 2 fully saturated rings. The second kappa shape index (κ2) is 4.06. The van der Waals surface area contributed by atoms with Crippen molar-refractivity contribution >= 4 is 0 Å². The molecule has 2 aliphatic rings. The molecule has 0 bridgehead atoms. The molecule has 1 spiro atoms. The second-order valence-corrected chi connectivity index (χ2v) is 6.20. The van der Waals surface area contributed by atoms with E-state index in [0.29, 0.717) is 6.10 Å². The van der Waals surface area contributed by atoms with Crippen molar-refractivity contribution in [3.8, 4) is 0 Å². The van der Waals surface area contributed by atoms with E-state index >= 15 is 0 Å². The van der Waals surface area contributed by atoms with Gasteiger partial charge < -0.3 is 9.84 Å². The van der Waals surface area contributed by atoms with Gasteiger partial charge in [-0.2, -0.15) is 0 Å². The average Bonchev–Trinajstić information content (AvgIpc) is 2.78. The maximum Gasteiger partial charge on any atom is 0.0687 e. The molecular formula is C13H24O2. The molecule has 1 saturated heterocycles. The van der Waals surface area contributed by atoms with Crippen LogP contribution < -0.4 is 0 Å². The number of hydrogen-bond donors (Lipinski definition) is 1. The standard InChI is InChI=1S/C13H24O2/c1-12(2,10-14)9-11-5-8-13(15-11)6-3-4-7-13/h11,14H,3-10H2,1-2H3. The maximum atomic E-state index is 9.26. The first-order valence-corrected chi connectivity index (χ1v) is 6.34. The lowest BCUT2D eigenvalue weighted by atomic mass is 9.86. The third-order valence-electron chi connectivity index (χ3n) is 4.06. The normalized spacial score (nSPS) is 30.2. The van der Waals surface area contributed by atoms with Crippen molar-refractivity contribution in [3.63, 3.8) is 0 Å². The van der Waals surface area contributed by atoms with Crippen molar-refractivity contribution in [1.29, 1.82) is 0 Å². The summed E-state index contributed by atoms with van der Waals surface area (Å²) in [5, 5.41) is 9.26. The van der Waals surface area contributed by atoms with E-state index < -0.39 is 0 Å². The molecule has 0 radical (unpaired) electrons. The Kier molecular flexibility index (Phi) is 3.09. The van der Waals surface area contributed by atoms with Crippen LogP contribution in [0.3, 0.4) is 0 Å². The van der Waals surface area contributed by atoms with Crippen LogP contribution in [0.25, 0.3) is 0 Å². The number of aliphatic hydroxyl groups is 1. The molecule has 88 valence electrons. The number of aliphatic hydroxyl groups excluding tert-OH is 1. The van der Waals surface area contributed by atoms with Crippen LogP contribution in [-0.4, -0.2) is 23.4 Å². The molecule has 15 heavy (non-hydrogen) atoms. The van der Waals surface area contributed by atoms with Gasteiger partial charge in [0.15, 0.2) is 0 Å². The average molecular weight is 212 g/mol. The van der Waals surface area contributed by atoms with Gasteiger partial charge in [-0.1, -0.05) is 26.7 Å². The molecule has 1 atom stereocenters. The molecule has 0 aromatic heterocycles. The van der Waals surface area contributed by atoms with Crippen LogP contribution in [0, 0.1) is 5.41 Å². The maximum absolute atomic E-state index is 9.26. The Morgan fingerprint density at radius 2 is 1.93 bits per heavy atom. The molecule has 0 amide bonds. The van der Waals surface area contributed by atoms with Gasteiger partial charge in [0.05, 0.1) is 11.7 Å². The van der Waals surface area contributed by atoms with Crippen molar-refractivity contribution in [2.75, 3.05) is 6.61 Å². The summed E-state index contributed by atoms with van der Waals surface area (Å²) < 4.78 is 6.24. The fourth-order valence-corrected chi connectivity index (χ4v) is 3.11. The number of ether oxygens (including phenoxy) is 1. The summed E-state index contributed by atoms with van der Waals surface area (Å²) in [4.78, 5) is 0. The molecule has 2 nitrogen and oxygen atoms in total. The van der Waals surface area contributed by atoms with E-state index in [2.05, 4.69) is 13.8 Å².